The third kappa shape index (κ3) is 4.82. The number of benzene rings is 10. The van der Waals surface area contributed by atoms with Gasteiger partial charge in [-0.2, -0.15) is 10.5 Å². The fourth-order valence-electron chi connectivity index (χ4n) is 12.0. The molecule has 8 heteroatoms. The highest BCUT2D eigenvalue weighted by molar-refractivity contribution is 7.26. The Labute approximate surface area is 409 Å². The maximum atomic E-state index is 12.2. The van der Waals surface area contributed by atoms with Crippen LogP contribution in [-0.2, 0) is 0 Å². The van der Waals surface area contributed by atoms with E-state index in [0.717, 1.165) is 91.7 Å². The molecular weight excluding hydrogens is 911 g/mol. The summed E-state index contributed by atoms with van der Waals surface area (Å²) in [7, 11) is 0. The van der Waals surface area contributed by atoms with Gasteiger partial charge >= 0.3 is 0 Å². The third-order valence-corrected chi connectivity index (χ3v) is 18.1. The fraction of sp³-hybridized carbons (Fsp3) is 0. The van der Waals surface area contributed by atoms with Crippen LogP contribution in [0.5, 0.6) is 0 Å². The lowest BCUT2D eigenvalue weighted by Gasteiger charge is -2.22. The number of aromatic nitrogens is 3. The van der Waals surface area contributed by atoms with E-state index in [2.05, 4.69) is 214 Å². The van der Waals surface area contributed by atoms with Gasteiger partial charge in [-0.1, -0.05) is 127 Å². The topological polar surface area (TPSA) is 62.4 Å². The van der Waals surface area contributed by atoms with E-state index in [1.165, 1.54) is 34.3 Å². The van der Waals surface area contributed by atoms with Crippen molar-refractivity contribution < 1.29 is 0 Å². The SMILES string of the molecule is N#Cc1c(-n2c3ccccc3c3ccc4sc5ccccc5c4c32)cc(-n2c3ccccc3c3ccc4sc5ccccc5c4c32)c(C#N)c1-n1c2ccccc2c2ccc3sc4ccccc4c3c21. The molecule has 0 aliphatic carbocycles. The maximum Gasteiger partial charge on any atom is 0.104 e. The molecule has 0 unspecified atom stereocenters. The van der Waals surface area contributed by atoms with Crippen molar-refractivity contribution in [1.29, 1.82) is 10.5 Å². The Hall–Kier alpha value is -8.76. The van der Waals surface area contributed by atoms with Gasteiger partial charge in [-0.15, -0.1) is 34.0 Å². The minimum Gasteiger partial charge on any atom is -0.307 e. The van der Waals surface area contributed by atoms with Crippen molar-refractivity contribution in [2.24, 2.45) is 0 Å². The van der Waals surface area contributed by atoms with Crippen molar-refractivity contribution in [3.8, 4) is 29.2 Å². The lowest BCUT2D eigenvalue weighted by molar-refractivity contribution is 1.08. The summed E-state index contributed by atoms with van der Waals surface area (Å²) in [5.41, 5.74) is 8.79. The minimum atomic E-state index is 0.422. The monoisotopic (exact) mass is 941 g/mol. The summed E-state index contributed by atoms with van der Waals surface area (Å²) in [6.07, 6.45) is 0. The van der Waals surface area contributed by atoms with Crippen LogP contribution in [-0.4, -0.2) is 13.7 Å². The predicted octanol–water partition coefficient (Wildman–Crippen LogP) is 17.8. The van der Waals surface area contributed by atoms with Crippen LogP contribution in [0.1, 0.15) is 11.1 Å². The Bertz CT molecular complexity index is 4890. The lowest BCUT2D eigenvalue weighted by Crippen LogP contribution is -2.11. The molecule has 0 fully saturated rings. The zero-order valence-electron chi connectivity index (χ0n) is 36.9. The highest BCUT2D eigenvalue weighted by Crippen LogP contribution is 2.50. The summed E-state index contributed by atoms with van der Waals surface area (Å²) < 4.78 is 14.0. The van der Waals surface area contributed by atoms with E-state index >= 15 is 0 Å². The summed E-state index contributed by atoms with van der Waals surface area (Å²) in [4.78, 5) is 0. The molecule has 16 aromatic rings. The largest absolute Gasteiger partial charge is 0.307 e. The van der Waals surface area contributed by atoms with Gasteiger partial charge in [-0.25, -0.2) is 0 Å². The van der Waals surface area contributed by atoms with Gasteiger partial charge in [0.2, 0.25) is 0 Å². The normalized spacial score (nSPS) is 12.3. The van der Waals surface area contributed by atoms with Crippen molar-refractivity contribution in [3.63, 3.8) is 0 Å². The smallest absolute Gasteiger partial charge is 0.104 e. The molecule has 70 heavy (non-hydrogen) atoms. The summed E-state index contributed by atoms with van der Waals surface area (Å²) >= 11 is 5.36. The predicted molar refractivity (Wildman–Crippen MR) is 298 cm³/mol. The summed E-state index contributed by atoms with van der Waals surface area (Å²) in [6.45, 7) is 0. The second-order valence-electron chi connectivity index (χ2n) is 18.1. The fourth-order valence-corrected chi connectivity index (χ4v) is 15.3. The average molecular weight is 942 g/mol. The van der Waals surface area contributed by atoms with Gasteiger partial charge in [0.15, 0.2) is 0 Å². The molecule has 6 aromatic heterocycles. The molecule has 0 atom stereocenters. The maximum absolute atomic E-state index is 12.2. The summed E-state index contributed by atoms with van der Waals surface area (Å²) in [5.74, 6) is 0. The Morgan fingerprint density at radius 2 is 0.614 bits per heavy atom. The Kier molecular flexibility index (Phi) is 7.60. The number of hydrogen-bond acceptors (Lipinski definition) is 5. The zero-order valence-corrected chi connectivity index (χ0v) is 39.3. The first-order chi connectivity index (χ1) is 34.7. The lowest BCUT2D eigenvalue weighted by atomic mass is 10.0. The van der Waals surface area contributed by atoms with E-state index in [-0.39, 0.29) is 0 Å². The first-order valence-electron chi connectivity index (χ1n) is 23.2. The van der Waals surface area contributed by atoms with Crippen molar-refractivity contribution in [2.45, 2.75) is 0 Å². The van der Waals surface area contributed by atoms with Gasteiger partial charge < -0.3 is 13.7 Å². The van der Waals surface area contributed by atoms with Crippen molar-refractivity contribution >= 4 is 160 Å². The molecule has 6 heterocycles. The number of hydrogen-bond donors (Lipinski definition) is 0. The van der Waals surface area contributed by atoms with E-state index in [4.69, 9.17) is 0 Å². The molecule has 0 bridgehead atoms. The van der Waals surface area contributed by atoms with E-state index < -0.39 is 0 Å². The zero-order chi connectivity index (χ0) is 45.9. The van der Waals surface area contributed by atoms with Gasteiger partial charge in [-0.05, 0) is 60.7 Å². The molecule has 0 N–H and O–H groups in total. The van der Waals surface area contributed by atoms with Crippen LogP contribution >= 0.6 is 34.0 Å². The second kappa shape index (κ2) is 13.9. The van der Waals surface area contributed by atoms with Crippen LogP contribution < -0.4 is 0 Å². The van der Waals surface area contributed by atoms with E-state index in [9.17, 15) is 10.5 Å². The van der Waals surface area contributed by atoms with Gasteiger partial charge in [0.1, 0.15) is 23.3 Å². The molecule has 0 saturated heterocycles. The van der Waals surface area contributed by atoms with Crippen LogP contribution in [0.15, 0.2) is 188 Å². The summed E-state index contributed by atoms with van der Waals surface area (Å²) in [5, 5.41) is 37.8. The number of rotatable bonds is 3. The Morgan fingerprint density at radius 1 is 0.300 bits per heavy atom. The minimum absolute atomic E-state index is 0.422. The second-order valence-corrected chi connectivity index (χ2v) is 21.3. The molecule has 322 valence electrons. The van der Waals surface area contributed by atoms with E-state index in [0.29, 0.717) is 28.2 Å². The average Bonchev–Trinajstić information content (AvgIpc) is 4.26. The van der Waals surface area contributed by atoms with Gasteiger partial charge in [-0.3, -0.25) is 0 Å². The Balaban J connectivity index is 1.19. The molecule has 0 aliphatic rings. The quantitative estimate of drug-likeness (QED) is 0.177. The molecule has 0 aliphatic heterocycles. The third-order valence-electron chi connectivity index (χ3n) is 14.7. The first-order valence-corrected chi connectivity index (χ1v) is 25.7. The molecular formula is C62H31N5S3. The van der Waals surface area contributed by atoms with Gasteiger partial charge in [0.25, 0.3) is 0 Å². The van der Waals surface area contributed by atoms with Crippen LogP contribution in [0.2, 0.25) is 0 Å². The highest BCUT2D eigenvalue weighted by atomic mass is 32.1. The Morgan fingerprint density at radius 3 is 0.986 bits per heavy atom. The molecule has 0 amide bonds. The molecule has 16 rings (SSSR count). The van der Waals surface area contributed by atoms with Crippen molar-refractivity contribution in [3.05, 3.63) is 199 Å². The standard InChI is InChI=1S/C62H31N5S3/c63-32-43-48(65-45-19-7-1-13-34(45)37-25-28-53-56(60(37)65)40-16-4-10-22-50(40)68-53)31-49(66-46-20-8-2-14-35(46)38-26-29-54-57(61(38)66)41-17-5-11-23-51(41)69-54)44(33-64)59(43)67-47-21-9-3-15-36(47)39-27-30-55-58(62(39)67)42-18-6-12-24-52(42)70-55/h1-31H. The van der Waals surface area contributed by atoms with Gasteiger partial charge in [0, 0.05) is 92.8 Å². The molecule has 0 saturated carbocycles. The molecule has 0 spiro atoms. The number of nitrogens with zero attached hydrogens (tertiary/aromatic N) is 5. The van der Waals surface area contributed by atoms with E-state index in [1.54, 1.807) is 34.0 Å². The molecule has 0 radical (unpaired) electrons. The van der Waals surface area contributed by atoms with Gasteiger partial charge in [0.05, 0.1) is 50.2 Å². The van der Waals surface area contributed by atoms with Crippen LogP contribution in [0.3, 0.4) is 0 Å². The number of para-hydroxylation sites is 3. The van der Waals surface area contributed by atoms with E-state index in [1.807, 2.05) is 0 Å². The number of fused-ring (bicyclic) bond motifs is 21. The number of thiophene rings is 3. The highest BCUT2D eigenvalue weighted by Gasteiger charge is 2.31. The van der Waals surface area contributed by atoms with Crippen molar-refractivity contribution in [2.75, 3.05) is 0 Å². The molecule has 10 aromatic carbocycles. The van der Waals surface area contributed by atoms with Crippen LogP contribution in [0.25, 0.3) is 143 Å². The first kappa shape index (κ1) is 38.2. The van der Waals surface area contributed by atoms with Crippen molar-refractivity contribution in [1.82, 2.24) is 13.7 Å². The molecule has 5 nitrogen and oxygen atoms in total. The number of nitriles is 2. The van der Waals surface area contributed by atoms with Crippen LogP contribution in [0.4, 0.5) is 0 Å². The summed E-state index contributed by atoms with van der Waals surface area (Å²) in [6, 6.07) is 72.8. The van der Waals surface area contributed by atoms with Crippen LogP contribution in [0, 0.1) is 22.7 Å².